The second-order valence-corrected chi connectivity index (χ2v) is 8.55. The molecule has 0 aliphatic heterocycles. The van der Waals surface area contributed by atoms with Gasteiger partial charge in [0, 0.05) is 34.4 Å². The summed E-state index contributed by atoms with van der Waals surface area (Å²) in [7, 11) is 0. The van der Waals surface area contributed by atoms with Gasteiger partial charge in [-0.3, -0.25) is 4.79 Å². The van der Waals surface area contributed by atoms with Crippen LogP contribution < -0.4 is 0 Å². The van der Waals surface area contributed by atoms with Crippen LogP contribution >= 0.6 is 15.9 Å². The van der Waals surface area contributed by atoms with Gasteiger partial charge in [-0.15, -0.1) is 0 Å². The molecule has 1 heterocycles. The highest BCUT2D eigenvalue weighted by Crippen LogP contribution is 2.33. The first-order chi connectivity index (χ1) is 12.6. The standard InChI is InChI=1S/C22H30BrNO2/c1-2-18(15-25)24-14-17(22-20(23)9-6-10-21(22)24)13-19(26)12-11-16-7-4-3-5-8-16/h6,9-10,14,16,18,25H,2-5,7-8,11-13,15H2,1H3. The van der Waals surface area contributed by atoms with Crippen LogP contribution in [0.3, 0.4) is 0 Å². The van der Waals surface area contributed by atoms with Gasteiger partial charge in [-0.1, -0.05) is 61.0 Å². The van der Waals surface area contributed by atoms with Crippen molar-refractivity contribution in [3.8, 4) is 0 Å². The lowest BCUT2D eigenvalue weighted by atomic mass is 9.85. The molecule has 0 amide bonds. The van der Waals surface area contributed by atoms with Gasteiger partial charge in [-0.2, -0.15) is 0 Å². The van der Waals surface area contributed by atoms with Crippen LogP contribution in [-0.2, 0) is 11.2 Å². The van der Waals surface area contributed by atoms with E-state index >= 15 is 0 Å². The molecule has 1 aromatic heterocycles. The Morgan fingerprint density at radius 1 is 1.31 bits per heavy atom. The van der Waals surface area contributed by atoms with E-state index in [1.807, 2.05) is 12.1 Å². The third-order valence-corrected chi connectivity index (χ3v) is 6.57. The molecule has 1 atom stereocenters. The number of hydrogen-bond donors (Lipinski definition) is 1. The predicted molar refractivity (Wildman–Crippen MR) is 111 cm³/mol. The SMILES string of the molecule is CCC(CO)n1cc(CC(=O)CCC2CCCCC2)c2c(Br)cccc21. The van der Waals surface area contributed by atoms with E-state index in [0.29, 0.717) is 18.6 Å². The van der Waals surface area contributed by atoms with Gasteiger partial charge in [0.1, 0.15) is 5.78 Å². The smallest absolute Gasteiger partial charge is 0.137 e. The zero-order valence-electron chi connectivity index (χ0n) is 15.7. The van der Waals surface area contributed by atoms with Crippen molar-refractivity contribution >= 4 is 32.6 Å². The summed E-state index contributed by atoms with van der Waals surface area (Å²) in [5.41, 5.74) is 2.17. The Balaban J connectivity index is 1.77. The van der Waals surface area contributed by atoms with Crippen LogP contribution in [0.4, 0.5) is 0 Å². The minimum atomic E-state index is 0.0536. The van der Waals surface area contributed by atoms with Crippen LogP contribution in [-0.4, -0.2) is 22.1 Å². The Morgan fingerprint density at radius 2 is 2.08 bits per heavy atom. The number of aliphatic hydroxyl groups is 1. The fourth-order valence-corrected chi connectivity index (χ4v) is 4.95. The predicted octanol–water partition coefficient (Wildman–Crippen LogP) is 5.82. The normalized spacial score (nSPS) is 16.9. The first kappa shape index (κ1) is 19.6. The van der Waals surface area contributed by atoms with Crippen LogP contribution in [0.5, 0.6) is 0 Å². The maximum absolute atomic E-state index is 12.7. The molecule has 142 valence electrons. The molecule has 1 saturated carbocycles. The van der Waals surface area contributed by atoms with Crippen molar-refractivity contribution in [2.24, 2.45) is 5.92 Å². The van der Waals surface area contributed by atoms with Gasteiger partial charge in [0.05, 0.1) is 12.6 Å². The van der Waals surface area contributed by atoms with E-state index in [4.69, 9.17) is 0 Å². The van der Waals surface area contributed by atoms with Crippen molar-refractivity contribution in [3.05, 3.63) is 34.4 Å². The Labute approximate surface area is 164 Å². The number of carbonyl (C=O) groups is 1. The lowest BCUT2D eigenvalue weighted by molar-refractivity contribution is -0.118. The number of nitrogens with zero attached hydrogens (tertiary/aromatic N) is 1. The summed E-state index contributed by atoms with van der Waals surface area (Å²) in [6.45, 7) is 2.20. The summed E-state index contributed by atoms with van der Waals surface area (Å²) < 4.78 is 3.17. The van der Waals surface area contributed by atoms with Gasteiger partial charge in [0.25, 0.3) is 0 Å². The molecular weight excluding hydrogens is 390 g/mol. The molecule has 1 N–H and O–H groups in total. The molecule has 0 spiro atoms. The topological polar surface area (TPSA) is 42.2 Å². The summed E-state index contributed by atoms with van der Waals surface area (Å²) >= 11 is 3.66. The zero-order chi connectivity index (χ0) is 18.5. The number of carbonyl (C=O) groups excluding carboxylic acids is 1. The first-order valence-electron chi connectivity index (χ1n) is 10.0. The van der Waals surface area contributed by atoms with Crippen LogP contribution in [0.1, 0.15) is 69.9 Å². The monoisotopic (exact) mass is 419 g/mol. The van der Waals surface area contributed by atoms with Crippen molar-refractivity contribution in [1.82, 2.24) is 4.57 Å². The number of halogens is 1. The lowest BCUT2D eigenvalue weighted by Gasteiger charge is -2.20. The van der Waals surface area contributed by atoms with Crippen molar-refractivity contribution in [1.29, 1.82) is 0 Å². The molecule has 2 aromatic rings. The molecule has 0 bridgehead atoms. The highest BCUT2D eigenvalue weighted by molar-refractivity contribution is 9.10. The molecule has 3 rings (SSSR count). The molecule has 3 nitrogen and oxygen atoms in total. The molecule has 1 aliphatic rings. The molecule has 4 heteroatoms. The number of benzene rings is 1. The summed E-state index contributed by atoms with van der Waals surface area (Å²) in [5, 5.41) is 10.8. The molecule has 1 fully saturated rings. The number of aliphatic hydroxyl groups excluding tert-OH is 1. The van der Waals surface area contributed by atoms with Crippen LogP contribution in [0.2, 0.25) is 0 Å². The van der Waals surface area contributed by atoms with E-state index in [-0.39, 0.29) is 12.6 Å². The number of aromatic nitrogens is 1. The summed E-state index contributed by atoms with van der Waals surface area (Å²) in [6, 6.07) is 6.18. The Hall–Kier alpha value is -1.13. The molecule has 1 unspecified atom stereocenters. The largest absolute Gasteiger partial charge is 0.394 e. The van der Waals surface area contributed by atoms with Gasteiger partial charge >= 0.3 is 0 Å². The third kappa shape index (κ3) is 4.40. The fourth-order valence-electron chi connectivity index (χ4n) is 4.34. The number of fused-ring (bicyclic) bond motifs is 1. The van der Waals surface area contributed by atoms with Crippen LogP contribution in [0.25, 0.3) is 10.9 Å². The summed E-state index contributed by atoms with van der Waals surface area (Å²) in [6.07, 6.45) is 11.8. The zero-order valence-corrected chi connectivity index (χ0v) is 17.3. The number of hydrogen-bond acceptors (Lipinski definition) is 2. The van der Waals surface area contributed by atoms with Crippen molar-refractivity contribution in [2.75, 3.05) is 6.61 Å². The van der Waals surface area contributed by atoms with Crippen molar-refractivity contribution in [3.63, 3.8) is 0 Å². The van der Waals surface area contributed by atoms with Gasteiger partial charge in [0.15, 0.2) is 0 Å². The van der Waals surface area contributed by atoms with Gasteiger partial charge in [-0.05, 0) is 36.5 Å². The maximum Gasteiger partial charge on any atom is 0.137 e. The summed E-state index contributed by atoms with van der Waals surface area (Å²) in [4.78, 5) is 12.7. The Kier molecular flexibility index (Phi) is 6.93. The fraction of sp³-hybridized carbons (Fsp3) is 0.591. The molecule has 1 aliphatic carbocycles. The van der Waals surface area contributed by atoms with Crippen molar-refractivity contribution in [2.45, 2.75) is 70.8 Å². The number of ketones is 1. The molecule has 0 saturated heterocycles. The minimum Gasteiger partial charge on any atom is -0.394 e. The van der Waals surface area contributed by atoms with Crippen LogP contribution in [0.15, 0.2) is 28.9 Å². The maximum atomic E-state index is 12.7. The average Bonchev–Trinajstić information content (AvgIpc) is 3.02. The Morgan fingerprint density at radius 3 is 2.77 bits per heavy atom. The Bertz CT molecular complexity index is 742. The van der Waals surface area contributed by atoms with E-state index in [9.17, 15) is 9.90 Å². The first-order valence-corrected chi connectivity index (χ1v) is 10.8. The van der Waals surface area contributed by atoms with Gasteiger partial charge in [0.2, 0.25) is 0 Å². The van der Waals surface area contributed by atoms with Gasteiger partial charge in [-0.25, -0.2) is 0 Å². The van der Waals surface area contributed by atoms with E-state index in [0.717, 1.165) is 39.7 Å². The highest BCUT2D eigenvalue weighted by atomic mass is 79.9. The third-order valence-electron chi connectivity index (χ3n) is 5.91. The average molecular weight is 420 g/mol. The van der Waals surface area contributed by atoms with Crippen molar-refractivity contribution < 1.29 is 9.90 Å². The molecule has 0 radical (unpaired) electrons. The quantitative estimate of drug-likeness (QED) is 0.585. The van der Waals surface area contributed by atoms with Gasteiger partial charge < -0.3 is 9.67 Å². The second kappa shape index (κ2) is 9.18. The lowest BCUT2D eigenvalue weighted by Crippen LogP contribution is -2.11. The molecular formula is C22H30BrNO2. The van der Waals surface area contributed by atoms with E-state index < -0.39 is 0 Å². The number of Topliss-reactive ketones (excluding diaryl/α,β-unsaturated/α-hetero) is 1. The number of rotatable bonds is 8. The van der Waals surface area contributed by atoms with Crippen LogP contribution in [0, 0.1) is 5.92 Å². The van der Waals surface area contributed by atoms with E-state index in [2.05, 4.69) is 39.7 Å². The molecule has 26 heavy (non-hydrogen) atoms. The highest BCUT2D eigenvalue weighted by Gasteiger charge is 2.19. The van der Waals surface area contributed by atoms with E-state index in [1.54, 1.807) is 0 Å². The van der Waals surface area contributed by atoms with E-state index in [1.165, 1.54) is 32.1 Å². The summed E-state index contributed by atoms with van der Waals surface area (Å²) in [5.74, 6) is 1.09. The minimum absolute atomic E-state index is 0.0536. The molecule has 1 aromatic carbocycles. The second-order valence-electron chi connectivity index (χ2n) is 7.70.